The smallest absolute Gasteiger partial charge is 0.331 e. The average molecular weight is 346 g/mol. The van der Waals surface area contributed by atoms with Gasteiger partial charge in [-0.3, -0.25) is 0 Å². The molecule has 1 saturated carbocycles. The molecular weight excluding hydrogens is 324 g/mol. The zero-order chi connectivity index (χ0) is 18.0. The van der Waals surface area contributed by atoms with Crippen molar-refractivity contribution in [1.29, 1.82) is 0 Å². The van der Waals surface area contributed by atoms with E-state index in [0.29, 0.717) is 11.5 Å². The molecule has 0 amide bonds. The Bertz CT molecular complexity index is 708. The third-order valence-corrected chi connectivity index (χ3v) is 5.01. The Morgan fingerprint density at radius 1 is 1.32 bits per heavy atom. The van der Waals surface area contributed by atoms with E-state index in [1.54, 1.807) is 6.07 Å². The van der Waals surface area contributed by atoms with E-state index in [2.05, 4.69) is 6.92 Å². The minimum Gasteiger partial charge on any atom is -0.504 e. The fraction of sp³-hybridized carbons (Fsp3) is 0.421. The van der Waals surface area contributed by atoms with Crippen LogP contribution in [0.4, 0.5) is 0 Å². The number of hydrogen-bond acceptors (Lipinski definition) is 6. The summed E-state index contributed by atoms with van der Waals surface area (Å²) in [5, 5.41) is 28.7. The highest BCUT2D eigenvalue weighted by Crippen LogP contribution is 2.45. The van der Waals surface area contributed by atoms with Crippen LogP contribution in [0, 0.1) is 17.8 Å². The molecule has 0 bridgehead atoms. The van der Waals surface area contributed by atoms with Gasteiger partial charge in [-0.2, -0.15) is 0 Å². The summed E-state index contributed by atoms with van der Waals surface area (Å²) in [6.45, 7) is 2.23. The number of rotatable bonds is 4. The molecule has 1 aromatic carbocycles. The molecule has 4 atom stereocenters. The molecule has 25 heavy (non-hydrogen) atoms. The van der Waals surface area contributed by atoms with Crippen LogP contribution >= 0.6 is 0 Å². The van der Waals surface area contributed by atoms with Crippen molar-refractivity contribution in [1.82, 2.24) is 0 Å². The van der Waals surface area contributed by atoms with E-state index in [0.717, 1.165) is 18.4 Å². The maximum atomic E-state index is 11.9. The molecule has 0 spiro atoms. The van der Waals surface area contributed by atoms with Gasteiger partial charge in [-0.05, 0) is 48.4 Å². The van der Waals surface area contributed by atoms with Crippen molar-refractivity contribution in [3.05, 3.63) is 41.7 Å². The van der Waals surface area contributed by atoms with E-state index in [9.17, 15) is 20.1 Å². The second-order valence-electron chi connectivity index (χ2n) is 6.65. The third kappa shape index (κ3) is 3.79. The number of ether oxygens (including phenoxy) is 2. The zero-order valence-electron chi connectivity index (χ0n) is 14.0. The van der Waals surface area contributed by atoms with Crippen LogP contribution in [0.25, 0.3) is 6.08 Å². The molecule has 0 radical (unpaired) electrons. The van der Waals surface area contributed by atoms with E-state index in [4.69, 9.17) is 9.47 Å². The Hall–Kier alpha value is -2.47. The summed E-state index contributed by atoms with van der Waals surface area (Å²) in [7, 11) is 0. The predicted molar refractivity (Wildman–Crippen MR) is 90.3 cm³/mol. The van der Waals surface area contributed by atoms with Crippen LogP contribution in [0.15, 0.2) is 36.1 Å². The number of phenolic OH excluding ortho intramolecular Hbond substituents is 2. The van der Waals surface area contributed by atoms with Gasteiger partial charge in [0.15, 0.2) is 17.8 Å². The molecule has 0 aromatic heterocycles. The molecule has 3 N–H and O–H groups in total. The number of carbonyl (C=O) groups excluding carboxylic acids is 1. The SMILES string of the molecule is CC1CCC2C(COC(=O)C=Cc3ccc(O)c(O)c3)=COC(O)C12. The summed E-state index contributed by atoms with van der Waals surface area (Å²) >= 11 is 0. The monoisotopic (exact) mass is 346 g/mol. The molecular formula is C19H22O6. The van der Waals surface area contributed by atoms with Crippen LogP contribution in [0.2, 0.25) is 0 Å². The van der Waals surface area contributed by atoms with Gasteiger partial charge < -0.3 is 24.8 Å². The van der Waals surface area contributed by atoms with Gasteiger partial charge in [-0.1, -0.05) is 13.0 Å². The molecule has 2 aliphatic rings. The molecule has 1 aromatic rings. The Morgan fingerprint density at radius 3 is 2.88 bits per heavy atom. The lowest BCUT2D eigenvalue weighted by Crippen LogP contribution is -2.34. The topological polar surface area (TPSA) is 96.2 Å². The first-order chi connectivity index (χ1) is 12.0. The van der Waals surface area contributed by atoms with Crippen molar-refractivity contribution in [2.45, 2.75) is 26.1 Å². The summed E-state index contributed by atoms with van der Waals surface area (Å²) in [5.41, 5.74) is 1.46. The van der Waals surface area contributed by atoms with Crippen molar-refractivity contribution in [2.24, 2.45) is 17.8 Å². The molecule has 6 heteroatoms. The lowest BCUT2D eigenvalue weighted by atomic mass is 9.84. The molecule has 4 unspecified atom stereocenters. The van der Waals surface area contributed by atoms with Gasteiger partial charge in [0.2, 0.25) is 0 Å². The third-order valence-electron chi connectivity index (χ3n) is 5.01. The number of aliphatic hydroxyl groups excluding tert-OH is 1. The number of carbonyl (C=O) groups is 1. The number of aromatic hydroxyl groups is 2. The van der Waals surface area contributed by atoms with E-state index in [1.807, 2.05) is 0 Å². The summed E-state index contributed by atoms with van der Waals surface area (Å²) in [4.78, 5) is 11.9. The lowest BCUT2D eigenvalue weighted by Gasteiger charge is -2.32. The molecule has 134 valence electrons. The van der Waals surface area contributed by atoms with Gasteiger partial charge in [0.25, 0.3) is 0 Å². The summed E-state index contributed by atoms with van der Waals surface area (Å²) in [5.74, 6) is -0.367. The Labute approximate surface area is 146 Å². The van der Waals surface area contributed by atoms with Crippen molar-refractivity contribution < 1.29 is 29.6 Å². The molecule has 3 rings (SSSR count). The van der Waals surface area contributed by atoms with Crippen LogP contribution in [0.3, 0.4) is 0 Å². The molecule has 1 fully saturated rings. The van der Waals surface area contributed by atoms with Crippen molar-refractivity contribution in [3.8, 4) is 11.5 Å². The zero-order valence-corrected chi connectivity index (χ0v) is 14.0. The maximum absolute atomic E-state index is 11.9. The van der Waals surface area contributed by atoms with E-state index >= 15 is 0 Å². The van der Waals surface area contributed by atoms with Gasteiger partial charge in [0, 0.05) is 17.6 Å². The van der Waals surface area contributed by atoms with Gasteiger partial charge >= 0.3 is 5.97 Å². The number of esters is 1. The van der Waals surface area contributed by atoms with Gasteiger partial charge in [-0.15, -0.1) is 0 Å². The Balaban J connectivity index is 1.57. The first-order valence-electron chi connectivity index (χ1n) is 8.35. The maximum Gasteiger partial charge on any atom is 0.331 e. The second kappa shape index (κ2) is 7.19. The second-order valence-corrected chi connectivity index (χ2v) is 6.65. The summed E-state index contributed by atoms with van der Waals surface area (Å²) < 4.78 is 10.6. The normalized spacial score (nSPS) is 28.3. The standard InChI is InChI=1S/C19H22O6/c1-11-2-5-14-13(10-25-19(23)18(11)14)9-24-17(22)7-4-12-3-6-15(20)16(21)8-12/h3-4,6-8,10-11,14,18-21,23H,2,5,9H2,1H3. The fourth-order valence-corrected chi connectivity index (χ4v) is 3.62. The number of benzene rings is 1. The summed E-state index contributed by atoms with van der Waals surface area (Å²) in [6, 6.07) is 4.27. The van der Waals surface area contributed by atoms with Gasteiger partial charge in [0.05, 0.1) is 6.26 Å². The van der Waals surface area contributed by atoms with Gasteiger partial charge in [0.1, 0.15) is 6.61 Å². The minimum atomic E-state index is -0.788. The Morgan fingerprint density at radius 2 is 2.12 bits per heavy atom. The predicted octanol–water partition coefficient (Wildman–Crippen LogP) is 2.55. The van der Waals surface area contributed by atoms with Crippen molar-refractivity contribution >= 4 is 12.0 Å². The molecule has 1 aliphatic carbocycles. The lowest BCUT2D eigenvalue weighted by molar-refractivity contribution is -0.139. The highest BCUT2D eigenvalue weighted by molar-refractivity contribution is 5.87. The first-order valence-corrected chi connectivity index (χ1v) is 8.35. The molecule has 1 aliphatic heterocycles. The quantitative estimate of drug-likeness (QED) is 0.440. The van der Waals surface area contributed by atoms with Crippen LogP contribution in [0.1, 0.15) is 25.3 Å². The van der Waals surface area contributed by atoms with E-state index in [1.165, 1.54) is 30.5 Å². The summed E-state index contributed by atoms with van der Waals surface area (Å²) in [6.07, 6.45) is 5.46. The van der Waals surface area contributed by atoms with Crippen molar-refractivity contribution in [3.63, 3.8) is 0 Å². The number of fused-ring (bicyclic) bond motifs is 1. The highest BCUT2D eigenvalue weighted by atomic mass is 16.6. The van der Waals surface area contributed by atoms with Crippen LogP contribution in [0.5, 0.6) is 11.5 Å². The largest absolute Gasteiger partial charge is 0.504 e. The fourth-order valence-electron chi connectivity index (χ4n) is 3.62. The number of hydrogen-bond donors (Lipinski definition) is 3. The Kier molecular flexibility index (Phi) is 4.99. The van der Waals surface area contributed by atoms with Crippen LogP contribution in [-0.2, 0) is 14.3 Å². The average Bonchev–Trinajstić information content (AvgIpc) is 2.98. The first kappa shape index (κ1) is 17.4. The van der Waals surface area contributed by atoms with E-state index < -0.39 is 12.3 Å². The number of phenols is 2. The van der Waals surface area contributed by atoms with Gasteiger partial charge in [-0.25, -0.2) is 4.79 Å². The molecule has 0 saturated heterocycles. The number of aliphatic hydroxyl groups is 1. The van der Waals surface area contributed by atoms with E-state index in [-0.39, 0.29) is 29.9 Å². The van der Waals surface area contributed by atoms with Crippen LogP contribution in [-0.4, -0.2) is 34.2 Å². The molecule has 1 heterocycles. The highest BCUT2D eigenvalue weighted by Gasteiger charge is 2.43. The molecule has 6 nitrogen and oxygen atoms in total. The van der Waals surface area contributed by atoms with Crippen molar-refractivity contribution in [2.75, 3.05) is 6.61 Å². The van der Waals surface area contributed by atoms with Crippen LogP contribution < -0.4 is 0 Å². The minimum absolute atomic E-state index is 0.0502.